The highest BCUT2D eigenvalue weighted by molar-refractivity contribution is 6.06. The van der Waals surface area contributed by atoms with Gasteiger partial charge in [0.2, 0.25) is 0 Å². The molecule has 7 heteroatoms. The van der Waals surface area contributed by atoms with E-state index in [1.807, 2.05) is 24.3 Å². The topological polar surface area (TPSA) is 85.6 Å². The van der Waals surface area contributed by atoms with E-state index in [9.17, 15) is 14.9 Å². The molecule has 4 rings (SSSR count). The smallest absolute Gasteiger partial charge is 0.331 e. The SMILES string of the molecule is O=C(c1ccccc1)N1CCCc2c(Oc3ncccc3[N+](=O)[O-])cccc21. The molecule has 0 spiro atoms. The van der Waals surface area contributed by atoms with Crippen molar-refractivity contribution in [2.45, 2.75) is 12.8 Å². The summed E-state index contributed by atoms with van der Waals surface area (Å²) in [6.45, 7) is 0.605. The Kier molecular flexibility index (Phi) is 4.72. The van der Waals surface area contributed by atoms with Crippen LogP contribution in [0.3, 0.4) is 0 Å². The molecule has 2 aromatic carbocycles. The zero-order valence-electron chi connectivity index (χ0n) is 14.9. The Labute approximate surface area is 161 Å². The lowest BCUT2D eigenvalue weighted by Gasteiger charge is -2.30. The van der Waals surface area contributed by atoms with E-state index in [4.69, 9.17) is 4.74 Å². The molecule has 0 fully saturated rings. The maximum atomic E-state index is 13.0. The van der Waals surface area contributed by atoms with Crippen molar-refractivity contribution in [2.24, 2.45) is 0 Å². The first kappa shape index (κ1) is 17.7. The van der Waals surface area contributed by atoms with Crippen molar-refractivity contribution in [3.8, 4) is 11.6 Å². The molecule has 2 heterocycles. The number of amides is 1. The Balaban J connectivity index is 1.70. The van der Waals surface area contributed by atoms with Gasteiger partial charge in [-0.15, -0.1) is 0 Å². The number of benzene rings is 2. The van der Waals surface area contributed by atoms with Gasteiger partial charge in [-0.25, -0.2) is 4.98 Å². The summed E-state index contributed by atoms with van der Waals surface area (Å²) in [7, 11) is 0. The van der Waals surface area contributed by atoms with Crippen LogP contribution in [0.1, 0.15) is 22.3 Å². The summed E-state index contributed by atoms with van der Waals surface area (Å²) in [5.74, 6) is 0.333. The number of ether oxygens (including phenoxy) is 1. The van der Waals surface area contributed by atoms with E-state index < -0.39 is 4.92 Å². The van der Waals surface area contributed by atoms with Crippen LogP contribution in [0.25, 0.3) is 0 Å². The summed E-state index contributed by atoms with van der Waals surface area (Å²) >= 11 is 0. The molecule has 0 saturated heterocycles. The minimum atomic E-state index is -0.525. The Morgan fingerprint density at radius 1 is 1.07 bits per heavy atom. The first-order chi connectivity index (χ1) is 13.6. The van der Waals surface area contributed by atoms with Crippen LogP contribution < -0.4 is 9.64 Å². The molecule has 1 aliphatic rings. The average molecular weight is 375 g/mol. The number of hydrogen-bond acceptors (Lipinski definition) is 5. The average Bonchev–Trinajstić information content (AvgIpc) is 2.74. The number of nitro groups is 1. The third-order valence-corrected chi connectivity index (χ3v) is 4.63. The first-order valence-corrected chi connectivity index (χ1v) is 8.91. The zero-order valence-corrected chi connectivity index (χ0v) is 14.9. The molecule has 7 nitrogen and oxygen atoms in total. The molecule has 28 heavy (non-hydrogen) atoms. The number of rotatable bonds is 4. The lowest BCUT2D eigenvalue weighted by atomic mass is 9.99. The molecule has 0 bridgehead atoms. The van der Waals surface area contributed by atoms with Gasteiger partial charge >= 0.3 is 5.69 Å². The second kappa shape index (κ2) is 7.48. The number of pyridine rings is 1. The molecule has 1 aliphatic heterocycles. The maximum absolute atomic E-state index is 13.0. The highest BCUT2D eigenvalue weighted by Crippen LogP contribution is 2.38. The number of nitrogens with zero attached hydrogens (tertiary/aromatic N) is 3. The quantitative estimate of drug-likeness (QED) is 0.499. The first-order valence-electron chi connectivity index (χ1n) is 8.91. The standard InChI is InChI=1S/C21H17N3O4/c25-21(15-7-2-1-3-8-15)23-14-6-9-16-17(23)10-4-12-19(16)28-20-18(24(26)27)11-5-13-22-20/h1-5,7-8,10-13H,6,9,14H2. The van der Waals surface area contributed by atoms with Crippen molar-refractivity contribution in [1.82, 2.24) is 4.98 Å². The Hall–Kier alpha value is -3.74. The number of aromatic nitrogens is 1. The summed E-state index contributed by atoms with van der Waals surface area (Å²) in [4.78, 5) is 29.4. The second-order valence-electron chi connectivity index (χ2n) is 6.37. The van der Waals surface area contributed by atoms with Gasteiger partial charge in [0.1, 0.15) is 5.75 Å². The third kappa shape index (κ3) is 3.29. The Bertz CT molecular complexity index is 1040. The van der Waals surface area contributed by atoms with Gasteiger partial charge < -0.3 is 9.64 Å². The number of carbonyl (C=O) groups excluding carboxylic acids is 1. The van der Waals surface area contributed by atoms with Gasteiger partial charge in [-0.05, 0) is 43.2 Å². The van der Waals surface area contributed by atoms with Gasteiger partial charge in [0.15, 0.2) is 0 Å². The van der Waals surface area contributed by atoms with E-state index in [-0.39, 0.29) is 17.5 Å². The van der Waals surface area contributed by atoms with E-state index in [2.05, 4.69) is 4.98 Å². The molecule has 0 N–H and O–H groups in total. The van der Waals surface area contributed by atoms with Crippen LogP contribution >= 0.6 is 0 Å². The van der Waals surface area contributed by atoms with E-state index in [0.717, 1.165) is 17.7 Å². The van der Waals surface area contributed by atoms with Crippen LogP contribution in [-0.2, 0) is 6.42 Å². The van der Waals surface area contributed by atoms with Gasteiger partial charge in [0, 0.05) is 29.9 Å². The fraction of sp³-hybridized carbons (Fsp3) is 0.143. The lowest BCUT2D eigenvalue weighted by molar-refractivity contribution is -0.386. The van der Waals surface area contributed by atoms with Gasteiger partial charge in [0.25, 0.3) is 11.8 Å². The highest BCUT2D eigenvalue weighted by atomic mass is 16.6. The minimum absolute atomic E-state index is 0.0626. The normalized spacial score (nSPS) is 12.9. The zero-order chi connectivity index (χ0) is 19.5. The molecular weight excluding hydrogens is 358 g/mol. The molecule has 0 radical (unpaired) electrons. The van der Waals surface area contributed by atoms with Crippen molar-refractivity contribution in [1.29, 1.82) is 0 Å². The number of carbonyl (C=O) groups is 1. The molecule has 0 unspecified atom stereocenters. The predicted molar refractivity (Wildman–Crippen MR) is 104 cm³/mol. The largest absolute Gasteiger partial charge is 0.433 e. The second-order valence-corrected chi connectivity index (χ2v) is 6.37. The molecule has 3 aromatic rings. The summed E-state index contributed by atoms with van der Waals surface area (Å²) in [5.41, 5.74) is 2.02. The van der Waals surface area contributed by atoms with E-state index >= 15 is 0 Å². The monoisotopic (exact) mass is 375 g/mol. The maximum Gasteiger partial charge on any atom is 0.331 e. The van der Waals surface area contributed by atoms with Gasteiger partial charge in [-0.3, -0.25) is 14.9 Å². The van der Waals surface area contributed by atoms with E-state index in [0.29, 0.717) is 24.3 Å². The van der Waals surface area contributed by atoms with Crippen molar-refractivity contribution in [3.05, 3.63) is 88.1 Å². The minimum Gasteiger partial charge on any atom is -0.433 e. The van der Waals surface area contributed by atoms with E-state index in [1.54, 1.807) is 29.2 Å². The van der Waals surface area contributed by atoms with Gasteiger partial charge in [0.05, 0.1) is 10.6 Å². The summed E-state index contributed by atoms with van der Waals surface area (Å²) in [6.07, 6.45) is 2.93. The van der Waals surface area contributed by atoms with Crippen LogP contribution in [0.2, 0.25) is 0 Å². The van der Waals surface area contributed by atoms with Crippen LogP contribution in [0.15, 0.2) is 66.9 Å². The molecule has 1 aromatic heterocycles. The van der Waals surface area contributed by atoms with E-state index in [1.165, 1.54) is 18.3 Å². The molecular formula is C21H17N3O4. The summed E-state index contributed by atoms with van der Waals surface area (Å²) in [5, 5.41) is 11.2. The fourth-order valence-electron chi connectivity index (χ4n) is 3.34. The third-order valence-electron chi connectivity index (χ3n) is 4.63. The van der Waals surface area contributed by atoms with Crippen LogP contribution in [0, 0.1) is 10.1 Å². The van der Waals surface area contributed by atoms with Crippen molar-refractivity contribution in [3.63, 3.8) is 0 Å². The lowest BCUT2D eigenvalue weighted by Crippen LogP contribution is -2.35. The number of fused-ring (bicyclic) bond motifs is 1. The van der Waals surface area contributed by atoms with Gasteiger partial charge in [-0.2, -0.15) is 0 Å². The Morgan fingerprint density at radius 2 is 1.89 bits per heavy atom. The molecule has 0 atom stereocenters. The highest BCUT2D eigenvalue weighted by Gasteiger charge is 2.27. The van der Waals surface area contributed by atoms with Crippen LogP contribution in [0.4, 0.5) is 11.4 Å². The molecule has 0 saturated carbocycles. The molecule has 140 valence electrons. The van der Waals surface area contributed by atoms with Crippen LogP contribution in [-0.4, -0.2) is 22.4 Å². The van der Waals surface area contributed by atoms with Crippen LogP contribution in [0.5, 0.6) is 11.6 Å². The predicted octanol–water partition coefficient (Wildman–Crippen LogP) is 4.38. The van der Waals surface area contributed by atoms with Crippen molar-refractivity contribution in [2.75, 3.05) is 11.4 Å². The summed E-state index contributed by atoms with van der Waals surface area (Å²) in [6, 6.07) is 17.3. The van der Waals surface area contributed by atoms with Gasteiger partial charge in [-0.1, -0.05) is 24.3 Å². The Morgan fingerprint density at radius 3 is 2.68 bits per heavy atom. The summed E-state index contributed by atoms with van der Waals surface area (Å²) < 4.78 is 5.81. The van der Waals surface area contributed by atoms with Crippen molar-refractivity contribution >= 4 is 17.3 Å². The number of anilines is 1. The number of hydrogen-bond donors (Lipinski definition) is 0. The molecule has 1 amide bonds. The fourth-order valence-corrected chi connectivity index (χ4v) is 3.34. The van der Waals surface area contributed by atoms with Crippen molar-refractivity contribution < 1.29 is 14.5 Å². The molecule has 0 aliphatic carbocycles.